The number of carbonyl (C=O) groups is 1. The summed E-state index contributed by atoms with van der Waals surface area (Å²) in [6, 6.07) is 0.282. The Bertz CT molecular complexity index is 389. The van der Waals surface area contributed by atoms with Gasteiger partial charge in [-0.15, -0.1) is 0 Å². The van der Waals surface area contributed by atoms with Crippen LogP contribution in [0.15, 0.2) is 12.5 Å². The van der Waals surface area contributed by atoms with Gasteiger partial charge in [-0.2, -0.15) is 0 Å². The van der Waals surface area contributed by atoms with Crippen LogP contribution in [0.2, 0.25) is 0 Å². The normalized spacial score (nSPS) is 19.9. The van der Waals surface area contributed by atoms with E-state index >= 15 is 0 Å². The summed E-state index contributed by atoms with van der Waals surface area (Å²) >= 11 is 0. The lowest BCUT2D eigenvalue weighted by Crippen LogP contribution is -2.36. The lowest BCUT2D eigenvalue weighted by atomic mass is 10.1. The topological polar surface area (TPSA) is 58.4 Å². The Labute approximate surface area is 101 Å². The molecule has 1 aliphatic rings. The molecule has 1 N–H and O–H groups in total. The molecule has 1 aromatic heterocycles. The zero-order valence-corrected chi connectivity index (χ0v) is 10.2. The molecular formula is C12H19N3O2. The molecule has 17 heavy (non-hydrogen) atoms. The van der Waals surface area contributed by atoms with Gasteiger partial charge in [0, 0.05) is 26.2 Å². The van der Waals surface area contributed by atoms with Crippen molar-refractivity contribution in [1.29, 1.82) is 0 Å². The van der Waals surface area contributed by atoms with Crippen LogP contribution in [0, 0.1) is 0 Å². The van der Waals surface area contributed by atoms with Crippen LogP contribution in [0.25, 0.3) is 0 Å². The molecule has 0 bridgehead atoms. The van der Waals surface area contributed by atoms with Crippen molar-refractivity contribution in [2.24, 2.45) is 7.05 Å². The molecule has 5 nitrogen and oxygen atoms in total. The molecule has 1 aliphatic heterocycles. The fourth-order valence-corrected chi connectivity index (χ4v) is 2.44. The van der Waals surface area contributed by atoms with Crippen LogP contribution in [-0.2, 0) is 7.05 Å². The third kappa shape index (κ3) is 2.49. The fraction of sp³-hybridized carbons (Fsp3) is 0.667. The van der Waals surface area contributed by atoms with E-state index in [1.54, 1.807) is 17.1 Å². The molecule has 1 atom stereocenters. The van der Waals surface area contributed by atoms with Crippen LogP contribution >= 0.6 is 0 Å². The van der Waals surface area contributed by atoms with Crippen LogP contribution in [0.4, 0.5) is 0 Å². The van der Waals surface area contributed by atoms with E-state index in [0.29, 0.717) is 5.69 Å². The average Bonchev–Trinajstić information content (AvgIpc) is 2.94. The van der Waals surface area contributed by atoms with Crippen LogP contribution in [0.1, 0.15) is 36.2 Å². The van der Waals surface area contributed by atoms with Gasteiger partial charge in [-0.05, 0) is 25.7 Å². The summed E-state index contributed by atoms with van der Waals surface area (Å²) in [4.78, 5) is 18.2. The summed E-state index contributed by atoms with van der Waals surface area (Å²) in [6.07, 6.45) is 7.01. The molecule has 2 rings (SSSR count). The minimum absolute atomic E-state index is 0.0606. The first-order chi connectivity index (χ1) is 8.24. The second-order valence-corrected chi connectivity index (χ2v) is 4.55. The van der Waals surface area contributed by atoms with Gasteiger partial charge >= 0.3 is 0 Å². The van der Waals surface area contributed by atoms with Gasteiger partial charge in [0.1, 0.15) is 5.69 Å². The number of amides is 1. The smallest absolute Gasteiger partial charge is 0.272 e. The van der Waals surface area contributed by atoms with Gasteiger partial charge in [-0.25, -0.2) is 4.98 Å². The molecule has 0 aromatic carbocycles. The first-order valence-electron chi connectivity index (χ1n) is 6.12. The minimum Gasteiger partial charge on any atom is -0.396 e. The van der Waals surface area contributed by atoms with Crippen LogP contribution in [0.3, 0.4) is 0 Å². The monoisotopic (exact) mass is 237 g/mol. The number of imidazole rings is 1. The van der Waals surface area contributed by atoms with E-state index in [1.807, 2.05) is 11.9 Å². The molecule has 1 saturated heterocycles. The maximum Gasteiger partial charge on any atom is 0.272 e. The van der Waals surface area contributed by atoms with Crippen molar-refractivity contribution < 1.29 is 9.90 Å². The molecule has 0 radical (unpaired) electrons. The second kappa shape index (κ2) is 5.31. The fourth-order valence-electron chi connectivity index (χ4n) is 2.44. The Hall–Kier alpha value is -1.36. The lowest BCUT2D eigenvalue weighted by molar-refractivity contribution is 0.0714. The van der Waals surface area contributed by atoms with Crippen molar-refractivity contribution in [3.8, 4) is 0 Å². The molecule has 1 unspecified atom stereocenters. The van der Waals surface area contributed by atoms with Gasteiger partial charge in [-0.3, -0.25) is 4.79 Å². The van der Waals surface area contributed by atoms with Gasteiger partial charge in [0.2, 0.25) is 0 Å². The number of aryl methyl sites for hydroxylation is 1. The maximum absolute atomic E-state index is 12.3. The highest BCUT2D eigenvalue weighted by molar-refractivity contribution is 5.92. The lowest BCUT2D eigenvalue weighted by Gasteiger charge is -2.24. The molecule has 1 fully saturated rings. The molecule has 5 heteroatoms. The average molecular weight is 237 g/mol. The molecule has 1 aromatic rings. The van der Waals surface area contributed by atoms with Crippen LogP contribution in [0.5, 0.6) is 0 Å². The van der Waals surface area contributed by atoms with E-state index in [0.717, 1.165) is 32.2 Å². The highest BCUT2D eigenvalue weighted by Gasteiger charge is 2.29. The van der Waals surface area contributed by atoms with Crippen molar-refractivity contribution in [3.63, 3.8) is 0 Å². The Morgan fingerprint density at radius 1 is 1.65 bits per heavy atom. The predicted molar refractivity (Wildman–Crippen MR) is 63.6 cm³/mol. The highest BCUT2D eigenvalue weighted by Crippen LogP contribution is 2.23. The largest absolute Gasteiger partial charge is 0.396 e. The van der Waals surface area contributed by atoms with E-state index in [9.17, 15) is 4.79 Å². The van der Waals surface area contributed by atoms with Crippen molar-refractivity contribution >= 4 is 5.91 Å². The molecule has 0 saturated carbocycles. The summed E-state index contributed by atoms with van der Waals surface area (Å²) < 4.78 is 1.75. The van der Waals surface area contributed by atoms with Crippen molar-refractivity contribution in [3.05, 3.63) is 18.2 Å². The SMILES string of the molecule is Cn1cncc1C(=O)N1CCCC1CCCO. The zero-order chi connectivity index (χ0) is 12.3. The predicted octanol–water partition coefficient (Wildman–Crippen LogP) is 0.797. The van der Waals surface area contributed by atoms with Crippen molar-refractivity contribution in [1.82, 2.24) is 14.5 Å². The summed E-state index contributed by atoms with van der Waals surface area (Å²) in [5.41, 5.74) is 0.640. The van der Waals surface area contributed by atoms with E-state index in [4.69, 9.17) is 5.11 Å². The van der Waals surface area contributed by atoms with Gasteiger partial charge in [0.25, 0.3) is 5.91 Å². The first kappa shape index (κ1) is 12.1. The van der Waals surface area contributed by atoms with E-state index < -0.39 is 0 Å². The molecule has 2 heterocycles. The van der Waals surface area contributed by atoms with Gasteiger partial charge < -0.3 is 14.6 Å². The highest BCUT2D eigenvalue weighted by atomic mass is 16.3. The summed E-state index contributed by atoms with van der Waals surface area (Å²) in [5.74, 6) is 0.0606. The van der Waals surface area contributed by atoms with E-state index in [2.05, 4.69) is 4.98 Å². The number of aromatic nitrogens is 2. The molecule has 94 valence electrons. The number of likely N-dealkylation sites (tertiary alicyclic amines) is 1. The number of hydrogen-bond donors (Lipinski definition) is 1. The van der Waals surface area contributed by atoms with Gasteiger partial charge in [-0.1, -0.05) is 0 Å². The maximum atomic E-state index is 12.3. The number of aliphatic hydroxyl groups is 1. The Morgan fingerprint density at radius 2 is 2.47 bits per heavy atom. The summed E-state index contributed by atoms with van der Waals surface area (Å²) in [7, 11) is 1.83. The van der Waals surface area contributed by atoms with Crippen molar-refractivity contribution in [2.75, 3.05) is 13.2 Å². The van der Waals surface area contributed by atoms with E-state index in [1.165, 1.54) is 0 Å². The van der Waals surface area contributed by atoms with Crippen LogP contribution < -0.4 is 0 Å². The van der Waals surface area contributed by atoms with Gasteiger partial charge in [0.15, 0.2) is 0 Å². The number of nitrogens with zero attached hydrogens (tertiary/aromatic N) is 3. The molecule has 1 amide bonds. The number of rotatable bonds is 4. The van der Waals surface area contributed by atoms with Crippen molar-refractivity contribution in [2.45, 2.75) is 31.7 Å². The van der Waals surface area contributed by atoms with Gasteiger partial charge in [0.05, 0.1) is 12.5 Å². The number of carbonyl (C=O) groups excluding carboxylic acids is 1. The minimum atomic E-state index is 0.0606. The Kier molecular flexibility index (Phi) is 3.78. The standard InChI is InChI=1S/C12H19N3O2/c1-14-9-13-8-11(14)12(17)15-6-2-4-10(15)5-3-7-16/h8-10,16H,2-7H2,1H3. The summed E-state index contributed by atoms with van der Waals surface area (Å²) in [5, 5.41) is 8.86. The Balaban J connectivity index is 2.06. The third-order valence-corrected chi connectivity index (χ3v) is 3.37. The Morgan fingerprint density at radius 3 is 3.12 bits per heavy atom. The molecule has 0 aliphatic carbocycles. The summed E-state index contributed by atoms with van der Waals surface area (Å²) in [6.45, 7) is 1.02. The van der Waals surface area contributed by atoms with Crippen LogP contribution in [-0.4, -0.2) is 44.7 Å². The number of aliphatic hydroxyl groups excluding tert-OH is 1. The zero-order valence-electron chi connectivity index (χ0n) is 10.2. The first-order valence-corrected chi connectivity index (χ1v) is 6.12. The third-order valence-electron chi connectivity index (χ3n) is 3.37. The molecular weight excluding hydrogens is 218 g/mol. The molecule has 0 spiro atoms. The van der Waals surface area contributed by atoms with E-state index in [-0.39, 0.29) is 18.6 Å². The quantitative estimate of drug-likeness (QED) is 0.842. The second-order valence-electron chi connectivity index (χ2n) is 4.55. The number of hydrogen-bond acceptors (Lipinski definition) is 3.